The molecule has 1 saturated carbocycles. The molecule has 1 aliphatic carbocycles. The first-order valence-corrected chi connectivity index (χ1v) is 5.16. The van der Waals surface area contributed by atoms with Gasteiger partial charge in [0.05, 0.1) is 6.20 Å². The van der Waals surface area contributed by atoms with Crippen LogP contribution in [0.5, 0.6) is 0 Å². The minimum Gasteiger partial charge on any atom is -0.348 e. The first-order chi connectivity index (χ1) is 6.31. The van der Waals surface area contributed by atoms with E-state index >= 15 is 0 Å². The molecule has 2 atom stereocenters. The molecule has 2 rings (SSSR count). The standard InChI is InChI=1S/C8H11N3OS/c1-2-5-3-6(5)10-8(12)7-4-9-11-13-7/h4-6H,2-3H2,1H3,(H,10,12). The van der Waals surface area contributed by atoms with Crippen molar-refractivity contribution in [2.24, 2.45) is 5.92 Å². The van der Waals surface area contributed by atoms with Crippen molar-refractivity contribution < 1.29 is 4.79 Å². The topological polar surface area (TPSA) is 54.9 Å². The summed E-state index contributed by atoms with van der Waals surface area (Å²) in [6, 6.07) is 0.389. The molecule has 2 unspecified atom stereocenters. The molecule has 1 amide bonds. The summed E-state index contributed by atoms with van der Waals surface area (Å²) in [4.78, 5) is 12.0. The number of hydrogen-bond donors (Lipinski definition) is 1. The molecule has 1 fully saturated rings. The Morgan fingerprint density at radius 2 is 2.69 bits per heavy atom. The minimum atomic E-state index is -0.0315. The van der Waals surface area contributed by atoms with Gasteiger partial charge in [0.1, 0.15) is 4.88 Å². The lowest BCUT2D eigenvalue weighted by Gasteiger charge is -1.99. The average molecular weight is 197 g/mol. The van der Waals surface area contributed by atoms with Crippen molar-refractivity contribution in [3.05, 3.63) is 11.1 Å². The molecule has 70 valence electrons. The number of amides is 1. The molecule has 0 radical (unpaired) electrons. The van der Waals surface area contributed by atoms with Crippen LogP contribution in [0.25, 0.3) is 0 Å². The molecular formula is C8H11N3OS. The van der Waals surface area contributed by atoms with Crippen molar-refractivity contribution in [2.45, 2.75) is 25.8 Å². The first-order valence-electron chi connectivity index (χ1n) is 4.39. The van der Waals surface area contributed by atoms with E-state index in [1.807, 2.05) is 0 Å². The maximum atomic E-state index is 11.4. The summed E-state index contributed by atoms with van der Waals surface area (Å²) >= 11 is 1.14. The highest BCUT2D eigenvalue weighted by atomic mass is 32.1. The van der Waals surface area contributed by atoms with Crippen LogP contribution >= 0.6 is 11.5 Å². The molecule has 0 aliphatic heterocycles. The normalized spacial score (nSPS) is 25.6. The van der Waals surface area contributed by atoms with Crippen molar-refractivity contribution in [1.29, 1.82) is 0 Å². The number of aromatic nitrogens is 2. The van der Waals surface area contributed by atoms with Gasteiger partial charge in [0.25, 0.3) is 5.91 Å². The third-order valence-corrected chi connectivity index (χ3v) is 3.01. The highest BCUT2D eigenvalue weighted by molar-refractivity contribution is 7.07. The highest BCUT2D eigenvalue weighted by Gasteiger charge is 2.36. The monoisotopic (exact) mass is 197 g/mol. The summed E-state index contributed by atoms with van der Waals surface area (Å²) in [5.74, 6) is 0.654. The maximum absolute atomic E-state index is 11.4. The van der Waals surface area contributed by atoms with E-state index in [2.05, 4.69) is 21.8 Å². The summed E-state index contributed by atoms with van der Waals surface area (Å²) in [7, 11) is 0. The van der Waals surface area contributed by atoms with Gasteiger partial charge in [-0.25, -0.2) is 0 Å². The van der Waals surface area contributed by atoms with Crippen molar-refractivity contribution in [1.82, 2.24) is 14.9 Å². The molecule has 1 aromatic rings. The van der Waals surface area contributed by atoms with Crippen LogP contribution < -0.4 is 5.32 Å². The summed E-state index contributed by atoms with van der Waals surface area (Å²) in [6.45, 7) is 2.14. The Morgan fingerprint density at radius 3 is 3.23 bits per heavy atom. The van der Waals surface area contributed by atoms with Gasteiger partial charge in [0, 0.05) is 6.04 Å². The largest absolute Gasteiger partial charge is 0.348 e. The van der Waals surface area contributed by atoms with Crippen LogP contribution in [0.2, 0.25) is 0 Å². The fourth-order valence-electron chi connectivity index (χ4n) is 1.38. The number of hydrogen-bond acceptors (Lipinski definition) is 4. The van der Waals surface area contributed by atoms with Crippen LogP contribution in [0.3, 0.4) is 0 Å². The summed E-state index contributed by atoms with van der Waals surface area (Å²) in [6.07, 6.45) is 3.77. The average Bonchev–Trinajstić information content (AvgIpc) is 2.68. The number of carbonyl (C=O) groups excluding carboxylic acids is 1. The lowest BCUT2D eigenvalue weighted by Crippen LogP contribution is -2.25. The number of nitrogens with zero attached hydrogens (tertiary/aromatic N) is 2. The molecule has 1 heterocycles. The van der Waals surface area contributed by atoms with Crippen molar-refractivity contribution >= 4 is 17.4 Å². The number of nitrogens with one attached hydrogen (secondary N) is 1. The summed E-state index contributed by atoms with van der Waals surface area (Å²) in [5.41, 5.74) is 0. The summed E-state index contributed by atoms with van der Waals surface area (Å²) in [5, 5.41) is 6.57. The van der Waals surface area contributed by atoms with E-state index < -0.39 is 0 Å². The molecule has 1 aliphatic rings. The molecule has 1 aromatic heterocycles. The fraction of sp³-hybridized carbons (Fsp3) is 0.625. The zero-order chi connectivity index (χ0) is 9.26. The van der Waals surface area contributed by atoms with Crippen LogP contribution in [0.1, 0.15) is 29.4 Å². The van der Waals surface area contributed by atoms with E-state index in [-0.39, 0.29) is 5.91 Å². The van der Waals surface area contributed by atoms with Crippen molar-refractivity contribution in [2.75, 3.05) is 0 Å². The van der Waals surface area contributed by atoms with E-state index in [4.69, 9.17) is 0 Å². The predicted molar refractivity (Wildman–Crippen MR) is 49.6 cm³/mol. The van der Waals surface area contributed by atoms with Gasteiger partial charge in [-0.2, -0.15) is 0 Å². The van der Waals surface area contributed by atoms with Crippen LogP contribution in [0.4, 0.5) is 0 Å². The van der Waals surface area contributed by atoms with E-state index in [1.165, 1.54) is 6.20 Å². The SMILES string of the molecule is CCC1CC1NC(=O)c1cnns1. The third-order valence-electron chi connectivity index (χ3n) is 2.35. The smallest absolute Gasteiger partial charge is 0.264 e. The second kappa shape index (κ2) is 3.41. The number of rotatable bonds is 3. The second-order valence-electron chi connectivity index (χ2n) is 3.27. The number of carbonyl (C=O) groups is 1. The van der Waals surface area contributed by atoms with Crippen molar-refractivity contribution in [3.63, 3.8) is 0 Å². The Bertz CT molecular complexity index is 298. The van der Waals surface area contributed by atoms with Crippen molar-refractivity contribution in [3.8, 4) is 0 Å². The van der Waals surface area contributed by atoms with Gasteiger partial charge in [-0.3, -0.25) is 4.79 Å². The quantitative estimate of drug-likeness (QED) is 0.788. The zero-order valence-corrected chi connectivity index (χ0v) is 8.17. The van der Waals surface area contributed by atoms with Crippen LogP contribution in [-0.2, 0) is 0 Å². The highest BCUT2D eigenvalue weighted by Crippen LogP contribution is 2.33. The van der Waals surface area contributed by atoms with Crippen LogP contribution in [0.15, 0.2) is 6.20 Å². The van der Waals surface area contributed by atoms with E-state index in [0.717, 1.165) is 24.4 Å². The fourth-order valence-corrected chi connectivity index (χ4v) is 1.80. The Kier molecular flexibility index (Phi) is 2.26. The lowest BCUT2D eigenvalue weighted by molar-refractivity contribution is 0.0953. The molecule has 1 N–H and O–H groups in total. The minimum absolute atomic E-state index is 0.0315. The Labute approximate surface area is 80.5 Å². The van der Waals surface area contributed by atoms with Gasteiger partial charge >= 0.3 is 0 Å². The van der Waals surface area contributed by atoms with Gasteiger partial charge in [0.2, 0.25) is 0 Å². The molecular weight excluding hydrogens is 186 g/mol. The van der Waals surface area contributed by atoms with E-state index in [0.29, 0.717) is 16.8 Å². The molecule has 0 aromatic carbocycles. The second-order valence-corrected chi connectivity index (χ2v) is 4.05. The Morgan fingerprint density at radius 1 is 1.85 bits per heavy atom. The van der Waals surface area contributed by atoms with Crippen LogP contribution in [0, 0.1) is 5.92 Å². The Hall–Kier alpha value is -0.970. The molecule has 4 nitrogen and oxygen atoms in total. The maximum Gasteiger partial charge on any atom is 0.264 e. The third kappa shape index (κ3) is 1.85. The molecule has 5 heteroatoms. The van der Waals surface area contributed by atoms with Gasteiger partial charge in [0.15, 0.2) is 0 Å². The van der Waals surface area contributed by atoms with Gasteiger partial charge in [-0.15, -0.1) is 5.10 Å². The van der Waals surface area contributed by atoms with Gasteiger partial charge in [-0.05, 0) is 23.9 Å². The Balaban J connectivity index is 1.87. The summed E-state index contributed by atoms with van der Waals surface area (Å²) < 4.78 is 3.64. The lowest BCUT2D eigenvalue weighted by atomic mass is 10.3. The van der Waals surface area contributed by atoms with Gasteiger partial charge in [-0.1, -0.05) is 17.8 Å². The van der Waals surface area contributed by atoms with Gasteiger partial charge < -0.3 is 5.32 Å². The van der Waals surface area contributed by atoms with E-state index in [1.54, 1.807) is 0 Å². The molecule has 13 heavy (non-hydrogen) atoms. The molecule has 0 bridgehead atoms. The first kappa shape index (κ1) is 8.62. The zero-order valence-electron chi connectivity index (χ0n) is 7.36. The van der Waals surface area contributed by atoms with E-state index in [9.17, 15) is 4.79 Å². The molecule has 0 saturated heterocycles. The van der Waals surface area contributed by atoms with Crippen LogP contribution in [-0.4, -0.2) is 21.5 Å². The predicted octanol–water partition coefficient (Wildman–Crippen LogP) is 1.07. The molecule has 0 spiro atoms.